The molecular weight excluding hydrogens is 436 g/mol. The number of aromatic nitrogens is 3. The number of hydrogen-bond donors (Lipinski definition) is 1. The van der Waals surface area contributed by atoms with Crippen LogP contribution in [0.2, 0.25) is 0 Å². The minimum Gasteiger partial charge on any atom is -0.494 e. The Bertz CT molecular complexity index is 1360. The molecule has 0 aliphatic carbocycles. The molecule has 168 valence electrons. The number of para-hydroxylation sites is 1. The molecule has 0 radical (unpaired) electrons. The maximum Gasteiger partial charge on any atom is 0.226 e. The summed E-state index contributed by atoms with van der Waals surface area (Å²) in [4.78, 5) is 17.5. The van der Waals surface area contributed by atoms with E-state index in [2.05, 4.69) is 11.9 Å². The number of hydrogen-bond acceptors (Lipinski definition) is 6. The van der Waals surface area contributed by atoms with Crippen molar-refractivity contribution < 1.29 is 14.3 Å². The van der Waals surface area contributed by atoms with Gasteiger partial charge in [-0.2, -0.15) is 9.78 Å². The Morgan fingerprint density at radius 1 is 1.27 bits per heavy atom. The Morgan fingerprint density at radius 3 is 2.94 bits per heavy atom. The van der Waals surface area contributed by atoms with Crippen LogP contribution in [-0.2, 0) is 4.79 Å². The standard InChI is InChI=1S/C25H24N4O3S/c1-4-12-32-20-9-7-6-8-17(20)18-14-22(30)27-24-23(18)15(3)28-29(24)25-26-19-11-10-16(31-5-2)13-21(19)33-25/h4,6-11,13,18H,1,5,12,14H2,2-3H3,(H,27,30). The Labute approximate surface area is 195 Å². The second kappa shape index (κ2) is 8.71. The Hall–Kier alpha value is -3.65. The maximum atomic E-state index is 12.8. The van der Waals surface area contributed by atoms with Crippen molar-refractivity contribution in [2.24, 2.45) is 0 Å². The highest BCUT2D eigenvalue weighted by molar-refractivity contribution is 7.20. The molecule has 0 fully saturated rings. The molecular formula is C25H24N4O3S. The van der Waals surface area contributed by atoms with Gasteiger partial charge in [0.25, 0.3) is 0 Å². The predicted octanol–water partition coefficient (Wildman–Crippen LogP) is 5.23. The number of aryl methyl sites for hydroxylation is 1. The van der Waals surface area contributed by atoms with Crippen LogP contribution in [0.5, 0.6) is 11.5 Å². The SMILES string of the molecule is C=CCOc1ccccc1C1CC(=O)Nc2c1c(C)nn2-c1nc2ccc(OCC)cc2s1. The molecule has 4 aromatic rings. The zero-order chi connectivity index (χ0) is 22.9. The van der Waals surface area contributed by atoms with Crippen LogP contribution < -0.4 is 14.8 Å². The van der Waals surface area contributed by atoms with E-state index in [9.17, 15) is 4.79 Å². The monoisotopic (exact) mass is 460 g/mol. The fraction of sp³-hybridized carbons (Fsp3) is 0.240. The van der Waals surface area contributed by atoms with Gasteiger partial charge in [-0.05, 0) is 38.1 Å². The van der Waals surface area contributed by atoms with Gasteiger partial charge < -0.3 is 14.8 Å². The number of fused-ring (bicyclic) bond motifs is 2. The second-order valence-corrected chi connectivity index (χ2v) is 8.77. The van der Waals surface area contributed by atoms with Crippen molar-refractivity contribution in [2.75, 3.05) is 18.5 Å². The van der Waals surface area contributed by atoms with E-state index >= 15 is 0 Å². The van der Waals surface area contributed by atoms with E-state index in [1.807, 2.05) is 56.3 Å². The normalized spacial score (nSPS) is 15.2. The van der Waals surface area contributed by atoms with E-state index in [-0.39, 0.29) is 11.8 Å². The van der Waals surface area contributed by atoms with Gasteiger partial charge in [-0.25, -0.2) is 4.98 Å². The molecule has 5 rings (SSSR count). The number of anilines is 1. The van der Waals surface area contributed by atoms with E-state index in [4.69, 9.17) is 19.6 Å². The lowest BCUT2D eigenvalue weighted by Gasteiger charge is -2.25. The van der Waals surface area contributed by atoms with Crippen molar-refractivity contribution in [3.8, 4) is 16.6 Å². The number of nitrogens with one attached hydrogen (secondary N) is 1. The third-order valence-electron chi connectivity index (χ3n) is 5.59. The summed E-state index contributed by atoms with van der Waals surface area (Å²) in [5.41, 5.74) is 3.66. The Morgan fingerprint density at radius 2 is 2.12 bits per heavy atom. The first-order valence-corrected chi connectivity index (χ1v) is 11.7. The van der Waals surface area contributed by atoms with Gasteiger partial charge in [0, 0.05) is 23.5 Å². The summed E-state index contributed by atoms with van der Waals surface area (Å²) < 4.78 is 14.3. The van der Waals surface area contributed by atoms with Crippen LogP contribution in [0.15, 0.2) is 55.1 Å². The first kappa shape index (κ1) is 21.2. The van der Waals surface area contributed by atoms with Gasteiger partial charge in [0.05, 0.1) is 22.5 Å². The molecule has 0 bridgehead atoms. The van der Waals surface area contributed by atoms with Crippen molar-refractivity contribution in [3.63, 3.8) is 0 Å². The number of nitrogens with zero attached hydrogens (tertiary/aromatic N) is 3. The fourth-order valence-corrected chi connectivity index (χ4v) is 5.19. The van der Waals surface area contributed by atoms with Crippen LogP contribution >= 0.6 is 11.3 Å². The summed E-state index contributed by atoms with van der Waals surface area (Å²) in [6.07, 6.45) is 2.04. The minimum atomic E-state index is -0.164. The molecule has 7 nitrogen and oxygen atoms in total. The van der Waals surface area contributed by atoms with Crippen LogP contribution in [0.3, 0.4) is 0 Å². The largest absolute Gasteiger partial charge is 0.494 e. The molecule has 2 aromatic carbocycles. The predicted molar refractivity (Wildman–Crippen MR) is 130 cm³/mol. The van der Waals surface area contributed by atoms with E-state index < -0.39 is 0 Å². The van der Waals surface area contributed by atoms with Crippen molar-refractivity contribution in [3.05, 3.63) is 71.9 Å². The quantitative estimate of drug-likeness (QED) is 0.382. The molecule has 1 atom stereocenters. The zero-order valence-electron chi connectivity index (χ0n) is 18.5. The molecule has 3 heterocycles. The van der Waals surface area contributed by atoms with Crippen LogP contribution in [0.4, 0.5) is 5.82 Å². The highest BCUT2D eigenvalue weighted by atomic mass is 32.1. The van der Waals surface area contributed by atoms with Gasteiger partial charge in [-0.1, -0.05) is 42.2 Å². The lowest BCUT2D eigenvalue weighted by Crippen LogP contribution is -2.25. The molecule has 0 saturated heterocycles. The summed E-state index contributed by atoms with van der Waals surface area (Å²) in [6.45, 7) is 8.66. The highest BCUT2D eigenvalue weighted by Crippen LogP contribution is 2.43. The van der Waals surface area contributed by atoms with E-state index in [0.29, 0.717) is 30.6 Å². The molecule has 1 N–H and O–H groups in total. The Kier molecular flexibility index (Phi) is 5.60. The number of thiazole rings is 1. The molecule has 0 spiro atoms. The smallest absolute Gasteiger partial charge is 0.226 e. The molecule has 1 unspecified atom stereocenters. The summed E-state index contributed by atoms with van der Waals surface area (Å²) >= 11 is 1.51. The fourth-order valence-electron chi connectivity index (χ4n) is 4.24. The molecule has 8 heteroatoms. The highest BCUT2D eigenvalue weighted by Gasteiger charge is 2.34. The Balaban J connectivity index is 1.60. The van der Waals surface area contributed by atoms with Gasteiger partial charge >= 0.3 is 0 Å². The number of carbonyl (C=O) groups excluding carboxylic acids is 1. The van der Waals surface area contributed by atoms with Gasteiger partial charge in [0.1, 0.15) is 23.9 Å². The average molecular weight is 461 g/mol. The van der Waals surface area contributed by atoms with Crippen molar-refractivity contribution in [1.82, 2.24) is 14.8 Å². The minimum absolute atomic E-state index is 0.0630. The van der Waals surface area contributed by atoms with E-state index in [1.54, 1.807) is 10.8 Å². The average Bonchev–Trinajstić information content (AvgIpc) is 3.38. The van der Waals surface area contributed by atoms with Crippen molar-refractivity contribution in [2.45, 2.75) is 26.2 Å². The summed E-state index contributed by atoms with van der Waals surface area (Å²) in [5, 5.41) is 8.51. The van der Waals surface area contributed by atoms with Crippen LogP contribution in [0.1, 0.15) is 36.1 Å². The van der Waals surface area contributed by atoms with E-state index in [1.165, 1.54) is 11.3 Å². The van der Waals surface area contributed by atoms with Gasteiger partial charge in [0.2, 0.25) is 11.0 Å². The van der Waals surface area contributed by atoms with Gasteiger partial charge in [-0.15, -0.1) is 0 Å². The van der Waals surface area contributed by atoms with Gasteiger partial charge in [0.15, 0.2) is 0 Å². The maximum absolute atomic E-state index is 12.8. The molecule has 1 aliphatic heterocycles. The molecule has 0 saturated carbocycles. The number of benzene rings is 2. The van der Waals surface area contributed by atoms with E-state index in [0.717, 1.165) is 38.5 Å². The molecule has 1 amide bonds. The lowest BCUT2D eigenvalue weighted by molar-refractivity contribution is -0.116. The van der Waals surface area contributed by atoms with Crippen molar-refractivity contribution >= 4 is 33.3 Å². The number of rotatable bonds is 7. The third kappa shape index (κ3) is 3.87. The molecule has 1 aliphatic rings. The summed E-state index contributed by atoms with van der Waals surface area (Å²) in [6, 6.07) is 13.7. The van der Waals surface area contributed by atoms with Crippen molar-refractivity contribution in [1.29, 1.82) is 0 Å². The summed E-state index contributed by atoms with van der Waals surface area (Å²) in [7, 11) is 0. The third-order valence-corrected chi connectivity index (χ3v) is 6.59. The number of amides is 1. The lowest BCUT2D eigenvalue weighted by atomic mass is 9.85. The topological polar surface area (TPSA) is 78.3 Å². The first-order chi connectivity index (χ1) is 16.1. The number of carbonyl (C=O) groups is 1. The molecule has 33 heavy (non-hydrogen) atoms. The van der Waals surface area contributed by atoms with Crippen LogP contribution in [-0.4, -0.2) is 33.9 Å². The first-order valence-electron chi connectivity index (χ1n) is 10.8. The second-order valence-electron chi connectivity index (χ2n) is 7.76. The summed E-state index contributed by atoms with van der Waals surface area (Å²) in [5.74, 6) is 1.99. The molecule has 2 aromatic heterocycles. The number of ether oxygens (including phenoxy) is 2. The van der Waals surface area contributed by atoms with Crippen LogP contribution in [0, 0.1) is 6.92 Å². The van der Waals surface area contributed by atoms with Gasteiger partial charge in [-0.3, -0.25) is 4.79 Å². The zero-order valence-corrected chi connectivity index (χ0v) is 19.3. The van der Waals surface area contributed by atoms with Crippen LogP contribution in [0.25, 0.3) is 15.3 Å².